The SMILES string of the molecule is NC(N)c1cc(C2CC2)ccc1F. The molecular weight excluding hydrogens is 167 g/mol. The van der Waals surface area contributed by atoms with Gasteiger partial charge in [0.25, 0.3) is 0 Å². The van der Waals surface area contributed by atoms with E-state index in [1.165, 1.54) is 18.9 Å². The summed E-state index contributed by atoms with van der Waals surface area (Å²) in [6, 6.07) is 5.06. The second-order valence-electron chi connectivity index (χ2n) is 3.58. The van der Waals surface area contributed by atoms with Crippen molar-refractivity contribution in [1.29, 1.82) is 0 Å². The normalized spacial score (nSPS) is 16.6. The van der Waals surface area contributed by atoms with E-state index in [4.69, 9.17) is 11.5 Å². The molecule has 1 aromatic rings. The van der Waals surface area contributed by atoms with Crippen LogP contribution >= 0.6 is 0 Å². The van der Waals surface area contributed by atoms with Gasteiger partial charge in [0, 0.05) is 5.56 Å². The topological polar surface area (TPSA) is 52.0 Å². The van der Waals surface area contributed by atoms with Crippen molar-refractivity contribution >= 4 is 0 Å². The molecule has 0 atom stereocenters. The van der Waals surface area contributed by atoms with Crippen molar-refractivity contribution in [3.63, 3.8) is 0 Å². The molecule has 0 aliphatic heterocycles. The average molecular weight is 180 g/mol. The molecule has 1 aliphatic rings. The first kappa shape index (κ1) is 8.66. The minimum absolute atomic E-state index is 0.306. The quantitative estimate of drug-likeness (QED) is 0.679. The van der Waals surface area contributed by atoms with Crippen LogP contribution in [0.25, 0.3) is 0 Å². The molecule has 70 valence electrons. The van der Waals surface area contributed by atoms with Crippen molar-refractivity contribution in [2.45, 2.75) is 24.9 Å². The van der Waals surface area contributed by atoms with Crippen LogP contribution in [0.4, 0.5) is 4.39 Å². The molecule has 1 saturated carbocycles. The van der Waals surface area contributed by atoms with Crippen molar-refractivity contribution in [1.82, 2.24) is 0 Å². The van der Waals surface area contributed by atoms with Crippen LogP contribution in [0.2, 0.25) is 0 Å². The molecule has 0 aromatic heterocycles. The van der Waals surface area contributed by atoms with Gasteiger partial charge >= 0.3 is 0 Å². The predicted molar refractivity (Wildman–Crippen MR) is 49.5 cm³/mol. The van der Waals surface area contributed by atoms with Crippen LogP contribution < -0.4 is 11.5 Å². The smallest absolute Gasteiger partial charge is 0.129 e. The average Bonchev–Trinajstić information content (AvgIpc) is 2.87. The van der Waals surface area contributed by atoms with Gasteiger partial charge in [-0.1, -0.05) is 6.07 Å². The Morgan fingerprint density at radius 3 is 2.54 bits per heavy atom. The largest absolute Gasteiger partial charge is 0.312 e. The Labute approximate surface area is 76.7 Å². The summed E-state index contributed by atoms with van der Waals surface area (Å²) in [6.45, 7) is 0. The molecule has 3 heteroatoms. The zero-order valence-electron chi connectivity index (χ0n) is 7.33. The predicted octanol–water partition coefficient (Wildman–Crippen LogP) is 1.62. The molecule has 0 saturated heterocycles. The van der Waals surface area contributed by atoms with Crippen LogP contribution in [-0.2, 0) is 0 Å². The number of hydrogen-bond donors (Lipinski definition) is 2. The molecule has 4 N–H and O–H groups in total. The lowest BCUT2D eigenvalue weighted by Crippen LogP contribution is -2.21. The Balaban J connectivity index is 2.36. The lowest BCUT2D eigenvalue weighted by molar-refractivity contribution is 0.587. The second kappa shape index (κ2) is 3.09. The van der Waals surface area contributed by atoms with E-state index in [1.54, 1.807) is 6.07 Å². The minimum atomic E-state index is -0.710. The van der Waals surface area contributed by atoms with Crippen molar-refractivity contribution in [3.05, 3.63) is 35.1 Å². The van der Waals surface area contributed by atoms with Crippen LogP contribution in [0.1, 0.15) is 36.1 Å². The van der Waals surface area contributed by atoms with Gasteiger partial charge in [-0.15, -0.1) is 0 Å². The van der Waals surface area contributed by atoms with Gasteiger partial charge < -0.3 is 11.5 Å². The van der Waals surface area contributed by atoms with Crippen molar-refractivity contribution in [2.75, 3.05) is 0 Å². The van der Waals surface area contributed by atoms with E-state index in [1.807, 2.05) is 6.07 Å². The molecule has 0 spiro atoms. The third kappa shape index (κ3) is 1.71. The second-order valence-corrected chi connectivity index (χ2v) is 3.58. The number of rotatable bonds is 2. The fourth-order valence-electron chi connectivity index (χ4n) is 1.49. The molecule has 2 nitrogen and oxygen atoms in total. The summed E-state index contributed by atoms with van der Waals surface area (Å²) in [6.07, 6.45) is 1.69. The maximum absolute atomic E-state index is 13.1. The highest BCUT2D eigenvalue weighted by Gasteiger charge is 2.24. The van der Waals surface area contributed by atoms with E-state index in [0.29, 0.717) is 11.5 Å². The molecule has 0 unspecified atom stereocenters. The number of benzene rings is 1. The molecule has 1 fully saturated rings. The van der Waals surface area contributed by atoms with E-state index >= 15 is 0 Å². The lowest BCUT2D eigenvalue weighted by atomic mass is 10.1. The first-order valence-electron chi connectivity index (χ1n) is 4.49. The zero-order chi connectivity index (χ0) is 9.42. The van der Waals surface area contributed by atoms with Crippen LogP contribution in [0, 0.1) is 5.82 Å². The molecule has 2 rings (SSSR count). The summed E-state index contributed by atoms with van der Waals surface area (Å²) in [5.74, 6) is 0.303. The Kier molecular flexibility index (Phi) is 2.06. The van der Waals surface area contributed by atoms with Crippen molar-refractivity contribution < 1.29 is 4.39 Å². The summed E-state index contributed by atoms with van der Waals surface area (Å²) in [4.78, 5) is 0. The van der Waals surface area contributed by atoms with Gasteiger partial charge in [-0.05, 0) is 36.5 Å². The summed E-state index contributed by atoms with van der Waals surface area (Å²) < 4.78 is 13.1. The first-order chi connectivity index (χ1) is 6.18. The van der Waals surface area contributed by atoms with Gasteiger partial charge in [-0.3, -0.25) is 0 Å². The summed E-state index contributed by atoms with van der Waals surface area (Å²) in [7, 11) is 0. The van der Waals surface area contributed by atoms with Gasteiger partial charge in [0.05, 0.1) is 6.17 Å². The molecule has 0 amide bonds. The van der Waals surface area contributed by atoms with Gasteiger partial charge in [0.1, 0.15) is 5.82 Å². The van der Waals surface area contributed by atoms with Crippen LogP contribution in [0.15, 0.2) is 18.2 Å². The minimum Gasteiger partial charge on any atom is -0.312 e. The maximum atomic E-state index is 13.1. The van der Waals surface area contributed by atoms with Crippen LogP contribution in [0.5, 0.6) is 0 Å². The molecule has 1 aromatic carbocycles. The highest BCUT2D eigenvalue weighted by molar-refractivity contribution is 5.31. The molecule has 0 heterocycles. The molecule has 0 bridgehead atoms. The van der Waals surface area contributed by atoms with Gasteiger partial charge in [0.2, 0.25) is 0 Å². The number of nitrogens with two attached hydrogens (primary N) is 2. The number of hydrogen-bond acceptors (Lipinski definition) is 2. The third-order valence-corrected chi connectivity index (χ3v) is 2.43. The molecular formula is C10H13FN2. The van der Waals surface area contributed by atoms with Gasteiger partial charge in [-0.2, -0.15) is 0 Å². The molecule has 1 aliphatic carbocycles. The van der Waals surface area contributed by atoms with Gasteiger partial charge in [-0.25, -0.2) is 4.39 Å². The van der Waals surface area contributed by atoms with E-state index in [2.05, 4.69) is 0 Å². The van der Waals surface area contributed by atoms with Gasteiger partial charge in [0.15, 0.2) is 0 Å². The Hall–Kier alpha value is -0.930. The van der Waals surface area contributed by atoms with E-state index in [0.717, 1.165) is 5.56 Å². The van der Waals surface area contributed by atoms with Crippen molar-refractivity contribution in [3.8, 4) is 0 Å². The standard InChI is InChI=1S/C10H13FN2/c11-9-4-3-7(6-1-2-6)5-8(9)10(12)13/h3-6,10H,1-2,12-13H2. The highest BCUT2D eigenvalue weighted by atomic mass is 19.1. The molecule has 0 radical (unpaired) electrons. The van der Waals surface area contributed by atoms with E-state index in [9.17, 15) is 4.39 Å². The fraction of sp³-hybridized carbons (Fsp3) is 0.400. The summed E-state index contributed by atoms with van der Waals surface area (Å²) >= 11 is 0. The molecule has 13 heavy (non-hydrogen) atoms. The fourth-order valence-corrected chi connectivity index (χ4v) is 1.49. The Morgan fingerprint density at radius 2 is 2.00 bits per heavy atom. The zero-order valence-corrected chi connectivity index (χ0v) is 7.33. The lowest BCUT2D eigenvalue weighted by Gasteiger charge is -2.08. The third-order valence-electron chi connectivity index (χ3n) is 2.43. The Morgan fingerprint density at radius 1 is 1.31 bits per heavy atom. The summed E-state index contributed by atoms with van der Waals surface area (Å²) in [5.41, 5.74) is 12.5. The van der Waals surface area contributed by atoms with E-state index < -0.39 is 6.17 Å². The monoisotopic (exact) mass is 180 g/mol. The van der Waals surface area contributed by atoms with Crippen LogP contribution in [-0.4, -0.2) is 0 Å². The Bertz CT molecular complexity index is 319. The first-order valence-corrected chi connectivity index (χ1v) is 4.49. The maximum Gasteiger partial charge on any atom is 0.129 e. The van der Waals surface area contributed by atoms with E-state index in [-0.39, 0.29) is 5.82 Å². The highest BCUT2D eigenvalue weighted by Crippen LogP contribution is 2.40. The number of halogens is 1. The van der Waals surface area contributed by atoms with Crippen molar-refractivity contribution in [2.24, 2.45) is 11.5 Å². The van der Waals surface area contributed by atoms with Crippen LogP contribution in [0.3, 0.4) is 0 Å². The summed E-state index contributed by atoms with van der Waals surface area (Å²) in [5, 5.41) is 0.